The molecule has 8 nitrogen and oxygen atoms in total. The molecule has 1 saturated carbocycles. The van der Waals surface area contributed by atoms with Gasteiger partial charge in [0.15, 0.2) is 11.5 Å². The van der Waals surface area contributed by atoms with Crippen molar-refractivity contribution in [3.8, 4) is 23.3 Å². The summed E-state index contributed by atoms with van der Waals surface area (Å²) in [4.78, 5) is 16.9. The van der Waals surface area contributed by atoms with E-state index in [1.165, 1.54) is 35.3 Å². The van der Waals surface area contributed by atoms with Crippen molar-refractivity contribution in [2.24, 2.45) is 0 Å². The molecule has 220 valence electrons. The van der Waals surface area contributed by atoms with Gasteiger partial charge in [0.2, 0.25) is 5.91 Å². The third kappa shape index (κ3) is 4.07. The Labute approximate surface area is 240 Å². The van der Waals surface area contributed by atoms with Crippen LogP contribution in [0, 0.1) is 11.3 Å². The lowest BCUT2D eigenvalue weighted by Gasteiger charge is -2.65. The molecule has 1 unspecified atom stereocenters. The van der Waals surface area contributed by atoms with Crippen LogP contribution in [-0.4, -0.2) is 75.7 Å². The molecular formula is C31H30F3N3O5. The van der Waals surface area contributed by atoms with Crippen LogP contribution in [0.1, 0.15) is 36.0 Å². The van der Waals surface area contributed by atoms with Crippen LogP contribution in [0.5, 0.6) is 17.2 Å². The van der Waals surface area contributed by atoms with Crippen LogP contribution in [0.3, 0.4) is 0 Å². The average Bonchev–Trinajstić information content (AvgIpc) is 3.29. The second-order valence-corrected chi connectivity index (χ2v) is 11.4. The molecule has 2 fully saturated rings. The molecule has 6 rings (SSSR count). The molecule has 1 saturated heterocycles. The average molecular weight is 582 g/mol. The first-order valence-electron chi connectivity index (χ1n) is 13.7. The number of ether oxygens (including phenoxy) is 2. The van der Waals surface area contributed by atoms with Crippen LogP contribution in [0.4, 0.5) is 13.2 Å². The Morgan fingerprint density at radius 2 is 2.14 bits per heavy atom. The van der Waals surface area contributed by atoms with Gasteiger partial charge in [-0.2, -0.15) is 5.26 Å². The number of alkyl halides is 3. The van der Waals surface area contributed by atoms with Gasteiger partial charge in [0.05, 0.1) is 29.2 Å². The van der Waals surface area contributed by atoms with Gasteiger partial charge in [0.1, 0.15) is 11.9 Å². The summed E-state index contributed by atoms with van der Waals surface area (Å²) < 4.78 is 48.4. The molecule has 2 aliphatic heterocycles. The lowest BCUT2D eigenvalue weighted by Crippen LogP contribution is -2.79. The number of carbonyl (C=O) groups excluding carboxylic acids is 1. The molecular weight excluding hydrogens is 551 g/mol. The summed E-state index contributed by atoms with van der Waals surface area (Å²) in [5.41, 5.74) is -0.333. The summed E-state index contributed by atoms with van der Waals surface area (Å²) in [5, 5.41) is 33.6. The number of benzene rings is 2. The summed E-state index contributed by atoms with van der Waals surface area (Å²) in [6, 6.07) is 9.65. The number of aromatic hydroxyl groups is 1. The predicted molar refractivity (Wildman–Crippen MR) is 146 cm³/mol. The maximum Gasteiger partial charge on any atom is 0.573 e. The van der Waals surface area contributed by atoms with Gasteiger partial charge in [0.25, 0.3) is 0 Å². The zero-order valence-corrected chi connectivity index (χ0v) is 22.8. The van der Waals surface area contributed by atoms with Crippen molar-refractivity contribution in [1.29, 1.82) is 5.26 Å². The Hall–Kier alpha value is -4.01. The van der Waals surface area contributed by atoms with Crippen LogP contribution in [-0.2, 0) is 16.6 Å². The van der Waals surface area contributed by atoms with E-state index in [4.69, 9.17) is 4.74 Å². The number of amides is 1. The Kier molecular flexibility index (Phi) is 6.55. The number of likely N-dealkylation sites (tertiary alicyclic amines) is 1. The second-order valence-electron chi connectivity index (χ2n) is 11.4. The number of nitrogens with zero attached hydrogens (tertiary/aromatic N) is 3. The largest absolute Gasteiger partial charge is 0.573 e. The fourth-order valence-corrected chi connectivity index (χ4v) is 7.82. The molecule has 2 N–H and O–H groups in total. The summed E-state index contributed by atoms with van der Waals surface area (Å²) in [6.45, 7) is 4.28. The quantitative estimate of drug-likeness (QED) is 0.392. The summed E-state index contributed by atoms with van der Waals surface area (Å²) in [5.74, 6) is -0.589. The summed E-state index contributed by atoms with van der Waals surface area (Å²) in [6.07, 6.45) is 0.276. The van der Waals surface area contributed by atoms with Crippen molar-refractivity contribution in [2.75, 3.05) is 13.6 Å². The first-order valence-corrected chi connectivity index (χ1v) is 13.7. The normalized spacial score (nSPS) is 31.1. The molecule has 42 heavy (non-hydrogen) atoms. The second kappa shape index (κ2) is 9.78. The van der Waals surface area contributed by atoms with Gasteiger partial charge >= 0.3 is 6.36 Å². The Bertz CT molecular complexity index is 1520. The third-order valence-corrected chi connectivity index (χ3v) is 9.47. The van der Waals surface area contributed by atoms with Crippen LogP contribution >= 0.6 is 0 Å². The van der Waals surface area contributed by atoms with Gasteiger partial charge in [-0.25, -0.2) is 0 Å². The fraction of sp³-hybridized carbons (Fsp3) is 0.419. The number of piperidine rings is 1. The van der Waals surface area contributed by atoms with Gasteiger partial charge in [0, 0.05) is 31.3 Å². The highest BCUT2D eigenvalue weighted by atomic mass is 19.4. The van der Waals surface area contributed by atoms with Gasteiger partial charge in [-0.05, 0) is 61.1 Å². The molecule has 0 radical (unpaired) electrons. The molecule has 2 aromatic carbocycles. The number of aliphatic hydroxyl groups is 1. The Morgan fingerprint density at radius 3 is 2.86 bits per heavy atom. The summed E-state index contributed by atoms with van der Waals surface area (Å²) >= 11 is 0. The Balaban J connectivity index is 1.35. The number of hydrogen-bond donors (Lipinski definition) is 2. The third-order valence-electron chi connectivity index (χ3n) is 9.47. The van der Waals surface area contributed by atoms with E-state index in [9.17, 15) is 33.4 Å². The minimum atomic E-state index is -4.83. The lowest BCUT2D eigenvalue weighted by atomic mass is 9.47. The molecule has 2 bridgehead atoms. The molecule has 1 amide bonds. The molecule has 1 spiro atoms. The van der Waals surface area contributed by atoms with Crippen molar-refractivity contribution < 1.29 is 37.7 Å². The van der Waals surface area contributed by atoms with E-state index in [0.717, 1.165) is 5.56 Å². The van der Waals surface area contributed by atoms with Gasteiger partial charge in [-0.1, -0.05) is 24.3 Å². The zero-order chi connectivity index (χ0) is 30.0. The van der Waals surface area contributed by atoms with Crippen LogP contribution in [0.2, 0.25) is 0 Å². The smallest absolute Gasteiger partial charge is 0.504 e. The molecule has 11 heteroatoms. The van der Waals surface area contributed by atoms with Gasteiger partial charge in [-0.15, -0.1) is 19.8 Å². The first-order chi connectivity index (χ1) is 19.9. The van der Waals surface area contributed by atoms with E-state index >= 15 is 0 Å². The number of phenolic OH excluding ortho intramolecular Hbond substituents is 1. The van der Waals surface area contributed by atoms with Crippen molar-refractivity contribution in [3.05, 3.63) is 71.8 Å². The highest BCUT2D eigenvalue weighted by Gasteiger charge is 2.74. The number of phenols is 1. The first kappa shape index (κ1) is 28.1. The highest BCUT2D eigenvalue weighted by Crippen LogP contribution is 2.66. The molecule has 0 aromatic heterocycles. The fourth-order valence-electron chi connectivity index (χ4n) is 7.82. The van der Waals surface area contributed by atoms with Crippen LogP contribution < -0.4 is 9.47 Å². The lowest BCUT2D eigenvalue weighted by molar-refractivity contribution is -0.274. The maximum atomic E-state index is 13.4. The number of carbonyl (C=O) groups is 1. The number of halogens is 3. The van der Waals surface area contributed by atoms with E-state index in [-0.39, 0.29) is 17.9 Å². The Morgan fingerprint density at radius 1 is 1.36 bits per heavy atom. The number of nitriles is 1. The van der Waals surface area contributed by atoms with Gasteiger partial charge in [-0.3, -0.25) is 9.69 Å². The minimum Gasteiger partial charge on any atom is -0.504 e. The SMILES string of the molecule is C=CCN1C(C#N)C[C@]23c4c5ccc(O)c4O[C@H]2[C@@H](N(C)C(=O)C=Cc2cccc(OC(F)(F)F)c2)CC[C@@]3(O)[C@H]1C5. The number of likely N-dealkylation sites (N-methyl/N-ethyl adjacent to an activating group) is 1. The maximum absolute atomic E-state index is 13.4. The monoisotopic (exact) mass is 581 g/mol. The minimum absolute atomic E-state index is 0.0612. The topological polar surface area (TPSA) is 106 Å². The van der Waals surface area contributed by atoms with Crippen LogP contribution in [0.25, 0.3) is 6.08 Å². The van der Waals surface area contributed by atoms with Crippen molar-refractivity contribution in [3.63, 3.8) is 0 Å². The van der Waals surface area contributed by atoms with E-state index in [0.29, 0.717) is 36.9 Å². The van der Waals surface area contributed by atoms with Crippen molar-refractivity contribution >= 4 is 12.0 Å². The molecule has 6 atom stereocenters. The van der Waals surface area contributed by atoms with Crippen molar-refractivity contribution in [2.45, 2.75) is 67.3 Å². The van der Waals surface area contributed by atoms with Crippen LogP contribution in [0.15, 0.2) is 55.1 Å². The number of rotatable bonds is 6. The highest BCUT2D eigenvalue weighted by molar-refractivity contribution is 5.92. The predicted octanol–water partition coefficient (Wildman–Crippen LogP) is 4.06. The molecule has 4 aliphatic rings. The van der Waals surface area contributed by atoms with E-state index in [2.05, 4.69) is 17.4 Å². The van der Waals surface area contributed by atoms with E-state index in [1.54, 1.807) is 25.3 Å². The number of hydrogen-bond acceptors (Lipinski definition) is 7. The van der Waals surface area contributed by atoms with Crippen molar-refractivity contribution in [1.82, 2.24) is 9.80 Å². The van der Waals surface area contributed by atoms with E-state index in [1.807, 2.05) is 11.0 Å². The molecule has 2 aromatic rings. The zero-order valence-electron chi connectivity index (χ0n) is 22.8. The van der Waals surface area contributed by atoms with Gasteiger partial charge < -0.3 is 24.6 Å². The standard InChI is InChI=1S/C31H30F3N3O5/c1-3-13-37-20(17-35)16-29-26-19-8-9-23(38)27(26)41-28(29)22(11-12-30(29,40)24(37)15-19)36(2)25(39)10-7-18-5-4-6-21(14-18)42-31(32,33)34/h3-10,14,20,22,24,28,38,40H,1,11-13,15-16H2,2H3/t20?,22-,24+,28-,29-,30+/m0/s1. The summed E-state index contributed by atoms with van der Waals surface area (Å²) in [7, 11) is 1.61. The van der Waals surface area contributed by atoms with E-state index < -0.39 is 53.3 Å². The molecule has 2 aliphatic carbocycles. The molecule has 2 heterocycles.